The molecule has 0 saturated carbocycles. The summed E-state index contributed by atoms with van der Waals surface area (Å²) in [6, 6.07) is 0. The highest BCUT2D eigenvalue weighted by molar-refractivity contribution is 5.96. The van der Waals surface area contributed by atoms with E-state index in [4.69, 9.17) is 5.73 Å². The number of aromatic nitrogens is 2. The van der Waals surface area contributed by atoms with Crippen molar-refractivity contribution < 1.29 is 4.79 Å². The van der Waals surface area contributed by atoms with Crippen LogP contribution in [0.5, 0.6) is 0 Å². The van der Waals surface area contributed by atoms with Crippen molar-refractivity contribution in [1.82, 2.24) is 15.1 Å². The summed E-state index contributed by atoms with van der Waals surface area (Å²) in [4.78, 5) is 12.0. The predicted octanol–water partition coefficient (Wildman–Crippen LogP) is 1.29. The highest BCUT2D eigenvalue weighted by Gasteiger charge is 2.16. The third kappa shape index (κ3) is 3.84. The second kappa shape index (κ2) is 7.16. The smallest absolute Gasteiger partial charge is 0.255 e. The Balaban J connectivity index is 2.37. The van der Waals surface area contributed by atoms with Gasteiger partial charge in [0.1, 0.15) is 0 Å². The van der Waals surface area contributed by atoms with E-state index in [1.54, 1.807) is 4.68 Å². The average Bonchev–Trinajstić information content (AvgIpc) is 2.58. The van der Waals surface area contributed by atoms with Crippen LogP contribution >= 0.6 is 0 Å². The Morgan fingerprint density at radius 3 is 2.50 bits per heavy atom. The van der Waals surface area contributed by atoms with Crippen LogP contribution in [-0.4, -0.2) is 28.8 Å². The third-order valence-corrected chi connectivity index (χ3v) is 3.15. The van der Waals surface area contributed by atoms with E-state index in [1.807, 2.05) is 20.9 Å². The van der Waals surface area contributed by atoms with Gasteiger partial charge in [0, 0.05) is 19.3 Å². The lowest BCUT2D eigenvalue weighted by Crippen LogP contribution is -2.25. The summed E-state index contributed by atoms with van der Waals surface area (Å²) in [7, 11) is 1.85. The molecule has 1 rings (SSSR count). The molecule has 0 aliphatic carbocycles. The van der Waals surface area contributed by atoms with Crippen LogP contribution in [0.4, 0.5) is 0 Å². The largest absolute Gasteiger partial charge is 0.352 e. The van der Waals surface area contributed by atoms with Crippen molar-refractivity contribution in [2.75, 3.05) is 13.1 Å². The minimum absolute atomic E-state index is 0.0167. The zero-order chi connectivity index (χ0) is 13.5. The maximum absolute atomic E-state index is 12.0. The summed E-state index contributed by atoms with van der Waals surface area (Å²) in [5.74, 6) is -0.0167. The second-order valence-electron chi connectivity index (χ2n) is 4.63. The van der Waals surface area contributed by atoms with E-state index in [2.05, 4.69) is 10.4 Å². The first kappa shape index (κ1) is 14.7. The van der Waals surface area contributed by atoms with Gasteiger partial charge in [-0.3, -0.25) is 9.48 Å². The summed E-state index contributed by atoms with van der Waals surface area (Å²) < 4.78 is 1.74. The van der Waals surface area contributed by atoms with Crippen molar-refractivity contribution >= 4 is 5.91 Å². The van der Waals surface area contributed by atoms with Crippen LogP contribution in [0.1, 0.15) is 47.4 Å². The van der Waals surface area contributed by atoms with Crippen LogP contribution in [-0.2, 0) is 7.05 Å². The fourth-order valence-electron chi connectivity index (χ4n) is 2.02. The number of carbonyl (C=O) groups is 1. The minimum atomic E-state index is -0.0167. The number of amides is 1. The van der Waals surface area contributed by atoms with Gasteiger partial charge in [-0.05, 0) is 33.2 Å². The molecule has 0 saturated heterocycles. The van der Waals surface area contributed by atoms with Gasteiger partial charge in [-0.1, -0.05) is 12.8 Å². The lowest BCUT2D eigenvalue weighted by Gasteiger charge is -2.05. The Morgan fingerprint density at radius 2 is 1.94 bits per heavy atom. The van der Waals surface area contributed by atoms with Crippen molar-refractivity contribution in [3.05, 3.63) is 17.0 Å². The molecule has 3 N–H and O–H groups in total. The van der Waals surface area contributed by atoms with E-state index in [0.717, 1.165) is 50.2 Å². The summed E-state index contributed by atoms with van der Waals surface area (Å²) in [5.41, 5.74) is 7.83. The number of hydrogen-bond acceptors (Lipinski definition) is 3. The molecule has 0 bridgehead atoms. The number of nitrogens with two attached hydrogens (primary N) is 1. The van der Waals surface area contributed by atoms with Crippen molar-refractivity contribution in [2.45, 2.75) is 39.5 Å². The number of nitrogens with zero attached hydrogens (tertiary/aromatic N) is 2. The van der Waals surface area contributed by atoms with Gasteiger partial charge >= 0.3 is 0 Å². The maximum Gasteiger partial charge on any atom is 0.255 e. The molecule has 0 aliphatic rings. The van der Waals surface area contributed by atoms with Crippen LogP contribution in [0.25, 0.3) is 0 Å². The fourth-order valence-corrected chi connectivity index (χ4v) is 2.02. The van der Waals surface area contributed by atoms with Crippen LogP contribution in [0.15, 0.2) is 0 Å². The maximum atomic E-state index is 12.0. The molecular formula is C13H24N4O. The van der Waals surface area contributed by atoms with E-state index >= 15 is 0 Å². The number of carbonyl (C=O) groups excluding carboxylic acids is 1. The van der Waals surface area contributed by atoms with Crippen molar-refractivity contribution in [3.8, 4) is 0 Å². The number of nitrogens with one attached hydrogen (secondary N) is 1. The predicted molar refractivity (Wildman–Crippen MR) is 72.5 cm³/mol. The summed E-state index contributed by atoms with van der Waals surface area (Å²) in [5, 5.41) is 7.19. The van der Waals surface area contributed by atoms with Gasteiger partial charge in [-0.15, -0.1) is 0 Å². The molecule has 0 radical (unpaired) electrons. The molecule has 0 aliphatic heterocycles. The molecule has 1 aromatic rings. The number of unbranched alkanes of at least 4 members (excludes halogenated alkanes) is 3. The van der Waals surface area contributed by atoms with Gasteiger partial charge in [0.25, 0.3) is 5.91 Å². The van der Waals surface area contributed by atoms with Gasteiger partial charge < -0.3 is 11.1 Å². The van der Waals surface area contributed by atoms with Crippen LogP contribution < -0.4 is 11.1 Å². The topological polar surface area (TPSA) is 72.9 Å². The Morgan fingerprint density at radius 1 is 1.28 bits per heavy atom. The monoisotopic (exact) mass is 252 g/mol. The lowest BCUT2D eigenvalue weighted by molar-refractivity contribution is 0.0951. The molecule has 1 amide bonds. The van der Waals surface area contributed by atoms with Crippen LogP contribution in [0.2, 0.25) is 0 Å². The standard InChI is InChI=1S/C13H24N4O/c1-10-12(11(2)17(3)16-10)13(18)15-9-7-5-4-6-8-14/h4-9,14H2,1-3H3,(H,15,18). The molecule has 0 unspecified atom stereocenters. The van der Waals surface area contributed by atoms with E-state index in [1.165, 1.54) is 0 Å². The third-order valence-electron chi connectivity index (χ3n) is 3.15. The number of hydrogen-bond donors (Lipinski definition) is 2. The highest BCUT2D eigenvalue weighted by atomic mass is 16.1. The molecule has 0 fully saturated rings. The van der Waals surface area contributed by atoms with Crippen molar-refractivity contribution in [3.63, 3.8) is 0 Å². The molecule has 102 valence electrons. The molecule has 0 aromatic carbocycles. The lowest BCUT2D eigenvalue weighted by atomic mass is 10.1. The SMILES string of the molecule is Cc1nn(C)c(C)c1C(=O)NCCCCCCN. The van der Waals surface area contributed by atoms with Crippen LogP contribution in [0.3, 0.4) is 0 Å². The molecule has 5 heteroatoms. The molecule has 18 heavy (non-hydrogen) atoms. The van der Waals surface area contributed by atoms with Crippen molar-refractivity contribution in [2.24, 2.45) is 12.8 Å². The average molecular weight is 252 g/mol. The minimum Gasteiger partial charge on any atom is -0.352 e. The summed E-state index contributed by atoms with van der Waals surface area (Å²) in [6.45, 7) is 5.25. The molecule has 0 atom stereocenters. The van der Waals surface area contributed by atoms with E-state index in [-0.39, 0.29) is 5.91 Å². The van der Waals surface area contributed by atoms with Gasteiger partial charge in [0.05, 0.1) is 11.3 Å². The molecular weight excluding hydrogens is 228 g/mol. The van der Waals surface area contributed by atoms with E-state index < -0.39 is 0 Å². The Bertz CT molecular complexity index is 398. The van der Waals surface area contributed by atoms with E-state index in [9.17, 15) is 4.79 Å². The Kier molecular flexibility index (Phi) is 5.85. The van der Waals surface area contributed by atoms with Gasteiger partial charge in [-0.2, -0.15) is 5.10 Å². The second-order valence-corrected chi connectivity index (χ2v) is 4.63. The van der Waals surface area contributed by atoms with Gasteiger partial charge in [0.15, 0.2) is 0 Å². The molecule has 1 aromatic heterocycles. The van der Waals surface area contributed by atoms with Crippen LogP contribution in [0, 0.1) is 13.8 Å². The first-order chi connectivity index (χ1) is 8.57. The molecule has 0 spiro atoms. The zero-order valence-corrected chi connectivity index (χ0v) is 11.6. The molecule has 5 nitrogen and oxygen atoms in total. The summed E-state index contributed by atoms with van der Waals surface area (Å²) in [6.07, 6.45) is 4.32. The fraction of sp³-hybridized carbons (Fsp3) is 0.692. The Labute approximate surface area is 109 Å². The molecule has 1 heterocycles. The first-order valence-corrected chi connectivity index (χ1v) is 6.56. The zero-order valence-electron chi connectivity index (χ0n) is 11.6. The number of aryl methyl sites for hydroxylation is 2. The number of rotatable bonds is 7. The van der Waals surface area contributed by atoms with Gasteiger partial charge in [0.2, 0.25) is 0 Å². The summed E-state index contributed by atoms with van der Waals surface area (Å²) >= 11 is 0. The van der Waals surface area contributed by atoms with Gasteiger partial charge in [-0.25, -0.2) is 0 Å². The first-order valence-electron chi connectivity index (χ1n) is 6.56. The normalized spacial score (nSPS) is 10.7. The van der Waals surface area contributed by atoms with Crippen molar-refractivity contribution in [1.29, 1.82) is 0 Å². The Hall–Kier alpha value is -1.36. The van der Waals surface area contributed by atoms with E-state index in [0.29, 0.717) is 5.56 Å². The highest BCUT2D eigenvalue weighted by Crippen LogP contribution is 2.11. The quantitative estimate of drug-likeness (QED) is 0.718.